The lowest BCUT2D eigenvalue weighted by molar-refractivity contribution is 0.186. The minimum atomic E-state index is 0.824. The number of nitrogens with zero attached hydrogens (tertiary/aromatic N) is 2. The zero-order valence-corrected chi connectivity index (χ0v) is 18.8. The van der Waals surface area contributed by atoms with Crippen molar-refractivity contribution in [3.63, 3.8) is 0 Å². The van der Waals surface area contributed by atoms with Crippen molar-refractivity contribution in [2.24, 2.45) is 5.92 Å². The summed E-state index contributed by atoms with van der Waals surface area (Å²) in [7, 11) is 0. The molecule has 0 bridgehead atoms. The van der Waals surface area contributed by atoms with Crippen molar-refractivity contribution < 1.29 is 0 Å². The standard InChI is InChI=1S/C23H33N3S2/c1-3-20-7-9-21(10-8-20)24-23(27)26(18-22-6-4-17-28-22)14-5-13-25-15-11-19(2)12-16-25/h4,6-10,17,19H,3,5,11-16,18H2,1-2H3,(H,24,27). The molecule has 0 spiro atoms. The Kier molecular flexibility index (Phi) is 8.31. The summed E-state index contributed by atoms with van der Waals surface area (Å²) in [6, 6.07) is 12.9. The summed E-state index contributed by atoms with van der Waals surface area (Å²) in [6.07, 6.45) is 4.89. The molecule has 3 nitrogen and oxygen atoms in total. The monoisotopic (exact) mass is 415 g/mol. The van der Waals surface area contributed by atoms with E-state index in [2.05, 4.69) is 70.7 Å². The summed E-state index contributed by atoms with van der Waals surface area (Å²) >= 11 is 7.59. The van der Waals surface area contributed by atoms with Crippen molar-refractivity contribution in [3.8, 4) is 0 Å². The molecule has 2 heterocycles. The molecule has 1 aromatic carbocycles. The van der Waals surface area contributed by atoms with E-state index in [1.807, 2.05) is 0 Å². The predicted octanol–water partition coefficient (Wildman–Crippen LogP) is 5.63. The molecule has 1 aromatic heterocycles. The maximum Gasteiger partial charge on any atom is 0.173 e. The van der Waals surface area contributed by atoms with Gasteiger partial charge in [0.25, 0.3) is 0 Å². The van der Waals surface area contributed by atoms with Crippen molar-refractivity contribution >= 4 is 34.4 Å². The fraction of sp³-hybridized carbons (Fsp3) is 0.522. The molecule has 28 heavy (non-hydrogen) atoms. The summed E-state index contributed by atoms with van der Waals surface area (Å²) in [5.74, 6) is 0.891. The molecule has 3 rings (SSSR count). The first-order chi connectivity index (χ1) is 13.6. The molecule has 0 unspecified atom stereocenters. The fourth-order valence-electron chi connectivity index (χ4n) is 3.64. The van der Waals surface area contributed by atoms with Gasteiger partial charge in [-0.25, -0.2) is 0 Å². The molecule has 2 aromatic rings. The van der Waals surface area contributed by atoms with Gasteiger partial charge in [0.1, 0.15) is 0 Å². The highest BCUT2D eigenvalue weighted by Gasteiger charge is 2.16. The van der Waals surface area contributed by atoms with Crippen LogP contribution >= 0.6 is 23.6 Å². The lowest BCUT2D eigenvalue weighted by atomic mass is 9.99. The van der Waals surface area contributed by atoms with Gasteiger partial charge < -0.3 is 15.1 Å². The summed E-state index contributed by atoms with van der Waals surface area (Å²) in [5.41, 5.74) is 2.42. The number of hydrogen-bond acceptors (Lipinski definition) is 3. The molecule has 152 valence electrons. The third-order valence-electron chi connectivity index (χ3n) is 5.61. The zero-order valence-electron chi connectivity index (χ0n) is 17.2. The quantitative estimate of drug-likeness (QED) is 0.563. The number of thiocarbonyl (C=S) groups is 1. The van der Waals surface area contributed by atoms with Crippen LogP contribution in [0.3, 0.4) is 0 Å². The van der Waals surface area contributed by atoms with Crippen molar-refractivity contribution in [3.05, 3.63) is 52.2 Å². The Hall–Kier alpha value is -1.43. The molecule has 0 amide bonds. The molecule has 1 fully saturated rings. The van der Waals surface area contributed by atoms with Gasteiger partial charge in [0.05, 0.1) is 6.54 Å². The Morgan fingerprint density at radius 2 is 1.96 bits per heavy atom. The largest absolute Gasteiger partial charge is 0.344 e. The average molecular weight is 416 g/mol. The topological polar surface area (TPSA) is 18.5 Å². The van der Waals surface area contributed by atoms with Crippen LogP contribution in [0.15, 0.2) is 41.8 Å². The SMILES string of the molecule is CCc1ccc(NC(=S)N(CCCN2CCC(C)CC2)Cc2cccs2)cc1. The lowest BCUT2D eigenvalue weighted by Gasteiger charge is -2.31. The minimum Gasteiger partial charge on any atom is -0.344 e. The van der Waals surface area contributed by atoms with Crippen LogP contribution < -0.4 is 5.32 Å². The van der Waals surface area contributed by atoms with E-state index in [4.69, 9.17) is 12.2 Å². The van der Waals surface area contributed by atoms with E-state index in [-0.39, 0.29) is 0 Å². The Bertz CT molecular complexity index is 704. The van der Waals surface area contributed by atoms with Gasteiger partial charge in [-0.2, -0.15) is 0 Å². The number of nitrogens with one attached hydrogen (secondary N) is 1. The lowest BCUT2D eigenvalue weighted by Crippen LogP contribution is -2.38. The van der Waals surface area contributed by atoms with Crippen molar-refractivity contribution in [1.29, 1.82) is 0 Å². The number of benzene rings is 1. The van der Waals surface area contributed by atoms with Gasteiger partial charge in [0.2, 0.25) is 0 Å². The van der Waals surface area contributed by atoms with Crippen LogP contribution in [0.25, 0.3) is 0 Å². The van der Waals surface area contributed by atoms with E-state index in [0.29, 0.717) is 0 Å². The summed E-state index contributed by atoms with van der Waals surface area (Å²) in [6.45, 7) is 10.1. The van der Waals surface area contributed by atoms with E-state index in [0.717, 1.165) is 42.6 Å². The Balaban J connectivity index is 1.55. The number of aryl methyl sites for hydroxylation is 1. The minimum absolute atomic E-state index is 0.824. The van der Waals surface area contributed by atoms with E-state index in [1.54, 1.807) is 11.3 Å². The van der Waals surface area contributed by atoms with Crippen LogP contribution in [0, 0.1) is 5.92 Å². The van der Waals surface area contributed by atoms with Gasteiger partial charge in [-0.1, -0.05) is 32.0 Å². The van der Waals surface area contributed by atoms with Crippen LogP contribution in [-0.4, -0.2) is 41.1 Å². The number of piperidine rings is 1. The molecule has 1 aliphatic rings. The number of anilines is 1. The van der Waals surface area contributed by atoms with Gasteiger partial charge in [0, 0.05) is 17.1 Å². The number of likely N-dealkylation sites (tertiary alicyclic amines) is 1. The van der Waals surface area contributed by atoms with Crippen molar-refractivity contribution in [2.75, 3.05) is 31.5 Å². The highest BCUT2D eigenvalue weighted by atomic mass is 32.1. The van der Waals surface area contributed by atoms with Crippen LogP contribution in [0.2, 0.25) is 0 Å². The number of hydrogen-bond donors (Lipinski definition) is 1. The van der Waals surface area contributed by atoms with Crippen LogP contribution in [0.5, 0.6) is 0 Å². The van der Waals surface area contributed by atoms with Gasteiger partial charge in [0.15, 0.2) is 5.11 Å². The smallest absolute Gasteiger partial charge is 0.173 e. The van der Waals surface area contributed by atoms with E-state index in [1.165, 1.54) is 42.9 Å². The molecule has 1 saturated heterocycles. The van der Waals surface area contributed by atoms with Crippen molar-refractivity contribution in [1.82, 2.24) is 9.80 Å². The number of rotatable bonds is 8. The first kappa shape index (κ1) is 21.3. The second-order valence-electron chi connectivity index (χ2n) is 7.86. The van der Waals surface area contributed by atoms with E-state index in [9.17, 15) is 0 Å². The van der Waals surface area contributed by atoms with Gasteiger partial charge in [-0.15, -0.1) is 11.3 Å². The second kappa shape index (κ2) is 10.9. The Morgan fingerprint density at radius 3 is 2.61 bits per heavy atom. The molecular formula is C23H33N3S2. The molecule has 1 aliphatic heterocycles. The maximum atomic E-state index is 5.78. The van der Waals surface area contributed by atoms with Crippen LogP contribution in [0.1, 0.15) is 43.6 Å². The van der Waals surface area contributed by atoms with E-state index < -0.39 is 0 Å². The first-order valence-corrected chi connectivity index (χ1v) is 11.8. The van der Waals surface area contributed by atoms with E-state index >= 15 is 0 Å². The molecule has 0 radical (unpaired) electrons. The van der Waals surface area contributed by atoms with Gasteiger partial charge in [-0.3, -0.25) is 0 Å². The highest BCUT2D eigenvalue weighted by Crippen LogP contribution is 2.18. The van der Waals surface area contributed by atoms with Gasteiger partial charge >= 0.3 is 0 Å². The molecular weight excluding hydrogens is 382 g/mol. The van der Waals surface area contributed by atoms with Crippen LogP contribution in [0.4, 0.5) is 5.69 Å². The molecule has 0 saturated carbocycles. The summed E-state index contributed by atoms with van der Waals surface area (Å²) in [4.78, 5) is 6.29. The van der Waals surface area contributed by atoms with Gasteiger partial charge in [-0.05, 0) is 92.6 Å². The normalized spacial score (nSPS) is 15.5. The Morgan fingerprint density at radius 1 is 1.21 bits per heavy atom. The summed E-state index contributed by atoms with van der Waals surface area (Å²) < 4.78 is 0. The second-order valence-corrected chi connectivity index (χ2v) is 9.28. The summed E-state index contributed by atoms with van der Waals surface area (Å²) in [5, 5.41) is 6.41. The maximum absolute atomic E-state index is 5.78. The highest BCUT2D eigenvalue weighted by molar-refractivity contribution is 7.80. The molecule has 0 atom stereocenters. The third-order valence-corrected chi connectivity index (χ3v) is 6.83. The molecule has 5 heteroatoms. The molecule has 1 N–H and O–H groups in total. The number of thiophene rings is 1. The molecule has 0 aliphatic carbocycles. The van der Waals surface area contributed by atoms with Crippen LogP contribution in [-0.2, 0) is 13.0 Å². The van der Waals surface area contributed by atoms with Crippen molar-refractivity contribution in [2.45, 2.75) is 46.1 Å². The third kappa shape index (κ3) is 6.57. The zero-order chi connectivity index (χ0) is 19.8. The first-order valence-electron chi connectivity index (χ1n) is 10.5. The fourth-order valence-corrected chi connectivity index (χ4v) is 4.63. The Labute approximate surface area is 179 Å². The predicted molar refractivity (Wildman–Crippen MR) is 126 cm³/mol. The average Bonchev–Trinajstić information content (AvgIpc) is 3.22.